The molecule has 7 heteroatoms. The number of nitrogens with zero attached hydrogens (tertiary/aromatic N) is 2. The lowest BCUT2D eigenvalue weighted by Crippen LogP contribution is -2.22. The van der Waals surface area contributed by atoms with Gasteiger partial charge in [-0.15, -0.1) is 5.11 Å². The SMILES string of the molecule is CC(C)OC1=CC=C(Oc2ccc(F)cc2F)OC1N=[N]. The number of allylic oxidation sites excluding steroid dienone is 2. The van der Waals surface area contributed by atoms with Crippen molar-refractivity contribution < 1.29 is 23.0 Å². The standard InChI is InChI=1S/C14H13F2N2O3/c1-8(2)19-12-5-6-13(21-14(12)18-17)20-11-4-3-9(15)7-10(11)16/h3-8,14H,1-2H3. The Bertz CT molecular complexity index is 600. The third-order valence-corrected chi connectivity index (χ3v) is 2.44. The molecule has 0 saturated heterocycles. The van der Waals surface area contributed by atoms with E-state index in [0.29, 0.717) is 11.8 Å². The van der Waals surface area contributed by atoms with Gasteiger partial charge in [0.2, 0.25) is 0 Å². The molecule has 1 aliphatic heterocycles. The van der Waals surface area contributed by atoms with Crippen LogP contribution in [0.4, 0.5) is 8.78 Å². The van der Waals surface area contributed by atoms with Gasteiger partial charge in [0.1, 0.15) is 5.82 Å². The summed E-state index contributed by atoms with van der Waals surface area (Å²) in [6.07, 6.45) is 1.65. The van der Waals surface area contributed by atoms with Crippen molar-refractivity contribution in [1.82, 2.24) is 5.53 Å². The summed E-state index contributed by atoms with van der Waals surface area (Å²) in [4.78, 5) is 0. The highest BCUT2D eigenvalue weighted by atomic mass is 19.1. The highest BCUT2D eigenvalue weighted by Crippen LogP contribution is 2.25. The fourth-order valence-electron chi connectivity index (χ4n) is 1.61. The molecule has 0 aromatic heterocycles. The molecule has 1 heterocycles. The van der Waals surface area contributed by atoms with Crippen LogP contribution in [0.25, 0.3) is 0 Å². The monoisotopic (exact) mass is 295 g/mol. The minimum Gasteiger partial charge on any atom is -0.489 e. The molecule has 1 radical (unpaired) electrons. The predicted octanol–water partition coefficient (Wildman–Crippen LogP) is 3.10. The molecule has 0 saturated carbocycles. The van der Waals surface area contributed by atoms with Crippen LogP contribution in [0, 0.1) is 11.6 Å². The molecule has 0 fully saturated rings. The van der Waals surface area contributed by atoms with Crippen LogP contribution in [0.1, 0.15) is 13.8 Å². The van der Waals surface area contributed by atoms with Gasteiger partial charge < -0.3 is 14.2 Å². The van der Waals surface area contributed by atoms with Crippen molar-refractivity contribution >= 4 is 0 Å². The molecule has 1 unspecified atom stereocenters. The van der Waals surface area contributed by atoms with Crippen LogP contribution in [0.3, 0.4) is 0 Å². The Kier molecular flexibility index (Phi) is 4.52. The summed E-state index contributed by atoms with van der Waals surface area (Å²) in [5.41, 5.74) is 8.92. The lowest BCUT2D eigenvalue weighted by Gasteiger charge is -2.23. The number of benzene rings is 1. The number of hydrogen-bond donors (Lipinski definition) is 0. The number of halogens is 2. The molecule has 5 nitrogen and oxygen atoms in total. The van der Waals surface area contributed by atoms with Crippen LogP contribution in [0.2, 0.25) is 0 Å². The molecule has 1 aromatic rings. The molecule has 1 atom stereocenters. The van der Waals surface area contributed by atoms with Crippen molar-refractivity contribution in [3.63, 3.8) is 0 Å². The summed E-state index contributed by atoms with van der Waals surface area (Å²) >= 11 is 0. The molecule has 0 aliphatic carbocycles. The minimum atomic E-state index is -1.10. The van der Waals surface area contributed by atoms with E-state index >= 15 is 0 Å². The maximum absolute atomic E-state index is 13.5. The largest absolute Gasteiger partial charge is 0.489 e. The third kappa shape index (κ3) is 3.77. The van der Waals surface area contributed by atoms with Gasteiger partial charge in [0.15, 0.2) is 17.3 Å². The number of hydrogen-bond acceptors (Lipinski definition) is 4. The quantitative estimate of drug-likeness (QED) is 0.784. The van der Waals surface area contributed by atoms with Gasteiger partial charge in [0.05, 0.1) is 6.10 Å². The fourth-order valence-corrected chi connectivity index (χ4v) is 1.61. The van der Waals surface area contributed by atoms with Crippen molar-refractivity contribution in [2.45, 2.75) is 26.2 Å². The van der Waals surface area contributed by atoms with Crippen molar-refractivity contribution in [2.75, 3.05) is 0 Å². The summed E-state index contributed by atoms with van der Waals surface area (Å²) < 4.78 is 42.0. The fraction of sp³-hybridized carbons (Fsp3) is 0.286. The van der Waals surface area contributed by atoms with Crippen molar-refractivity contribution in [2.24, 2.45) is 5.11 Å². The van der Waals surface area contributed by atoms with Gasteiger partial charge in [0.25, 0.3) is 12.2 Å². The Labute approximate surface area is 120 Å². The lowest BCUT2D eigenvalue weighted by atomic mass is 10.3. The van der Waals surface area contributed by atoms with E-state index in [1.807, 2.05) is 0 Å². The first kappa shape index (κ1) is 15.0. The molecule has 0 N–H and O–H groups in total. The van der Waals surface area contributed by atoms with Crippen molar-refractivity contribution in [3.05, 3.63) is 53.7 Å². The van der Waals surface area contributed by atoms with E-state index in [2.05, 4.69) is 5.11 Å². The van der Waals surface area contributed by atoms with Crippen LogP contribution in [0.5, 0.6) is 5.75 Å². The highest BCUT2D eigenvalue weighted by Gasteiger charge is 2.24. The van der Waals surface area contributed by atoms with Gasteiger partial charge in [-0.2, -0.15) is 0 Å². The Morgan fingerprint density at radius 3 is 2.67 bits per heavy atom. The van der Waals surface area contributed by atoms with E-state index in [9.17, 15) is 8.78 Å². The van der Waals surface area contributed by atoms with Gasteiger partial charge >= 0.3 is 0 Å². The molecule has 2 rings (SSSR count). The van der Waals surface area contributed by atoms with Crippen molar-refractivity contribution in [1.29, 1.82) is 0 Å². The molecule has 21 heavy (non-hydrogen) atoms. The second kappa shape index (κ2) is 6.34. The number of rotatable bonds is 5. The zero-order valence-corrected chi connectivity index (χ0v) is 11.4. The predicted molar refractivity (Wildman–Crippen MR) is 68.8 cm³/mol. The van der Waals surface area contributed by atoms with Crippen LogP contribution in [-0.4, -0.2) is 12.3 Å². The second-order valence-electron chi connectivity index (χ2n) is 4.48. The average molecular weight is 295 g/mol. The molecule has 0 amide bonds. The zero-order chi connectivity index (χ0) is 15.4. The molecule has 1 aromatic carbocycles. The van der Waals surface area contributed by atoms with E-state index in [0.717, 1.165) is 12.1 Å². The Morgan fingerprint density at radius 1 is 1.29 bits per heavy atom. The molecule has 0 spiro atoms. The van der Waals surface area contributed by atoms with Crippen LogP contribution >= 0.6 is 0 Å². The third-order valence-electron chi connectivity index (χ3n) is 2.44. The topological polar surface area (TPSA) is 62.3 Å². The summed E-state index contributed by atoms with van der Waals surface area (Å²) in [7, 11) is 0. The highest BCUT2D eigenvalue weighted by molar-refractivity contribution is 5.27. The average Bonchev–Trinajstić information content (AvgIpc) is 2.43. The van der Waals surface area contributed by atoms with Gasteiger partial charge in [-0.1, -0.05) is 0 Å². The second-order valence-corrected chi connectivity index (χ2v) is 4.48. The Morgan fingerprint density at radius 2 is 2.05 bits per heavy atom. The molecule has 0 bridgehead atoms. The number of ether oxygens (including phenoxy) is 3. The van der Waals surface area contributed by atoms with Crippen molar-refractivity contribution in [3.8, 4) is 5.75 Å². The molecular weight excluding hydrogens is 282 g/mol. The summed E-state index contributed by atoms with van der Waals surface area (Å²) in [5, 5.41) is 3.02. The Hall–Kier alpha value is -2.44. The lowest BCUT2D eigenvalue weighted by molar-refractivity contribution is 0.00541. The van der Waals surface area contributed by atoms with E-state index < -0.39 is 17.9 Å². The summed E-state index contributed by atoms with van der Waals surface area (Å²) in [5.74, 6) is -1.60. The van der Waals surface area contributed by atoms with E-state index in [1.54, 1.807) is 13.8 Å². The van der Waals surface area contributed by atoms with Crippen LogP contribution in [-0.2, 0) is 9.47 Å². The maximum atomic E-state index is 13.5. The first-order valence-electron chi connectivity index (χ1n) is 6.22. The summed E-state index contributed by atoms with van der Waals surface area (Å²) in [6.45, 7) is 3.61. The van der Waals surface area contributed by atoms with E-state index in [4.69, 9.17) is 19.7 Å². The molecule has 1 aliphatic rings. The minimum absolute atomic E-state index is 0.0978. The van der Waals surface area contributed by atoms with Gasteiger partial charge in [0, 0.05) is 12.1 Å². The molecular formula is C14H13F2N2O3. The van der Waals surface area contributed by atoms with Gasteiger partial charge in [-0.05, 0) is 37.6 Å². The smallest absolute Gasteiger partial charge is 0.287 e. The normalized spacial score (nSPS) is 17.7. The zero-order valence-electron chi connectivity index (χ0n) is 11.4. The van der Waals surface area contributed by atoms with E-state index in [-0.39, 0.29) is 17.8 Å². The first-order valence-corrected chi connectivity index (χ1v) is 6.22. The van der Waals surface area contributed by atoms with E-state index in [1.165, 1.54) is 12.2 Å². The molecule has 111 valence electrons. The first-order chi connectivity index (χ1) is 9.99. The Balaban J connectivity index is 2.16. The van der Waals surface area contributed by atoms with Crippen LogP contribution < -0.4 is 10.3 Å². The van der Waals surface area contributed by atoms with Crippen LogP contribution in [0.15, 0.2) is 47.2 Å². The van der Waals surface area contributed by atoms with Gasteiger partial charge in [-0.25, -0.2) is 8.78 Å². The maximum Gasteiger partial charge on any atom is 0.287 e. The summed E-state index contributed by atoms with van der Waals surface area (Å²) in [6, 6.07) is 2.87. The van der Waals surface area contributed by atoms with Gasteiger partial charge in [-0.3, -0.25) is 0 Å².